The number of thioether (sulfide) groups is 1. The lowest BCUT2D eigenvalue weighted by Crippen LogP contribution is -2.36. The molecule has 3 atom stereocenters. The van der Waals surface area contributed by atoms with Crippen molar-refractivity contribution in [2.24, 2.45) is 5.73 Å². The molecule has 0 aliphatic carbocycles. The minimum absolute atomic E-state index is 0.0424. The van der Waals surface area contributed by atoms with Crippen LogP contribution in [0, 0.1) is 0 Å². The third kappa shape index (κ3) is 30.3. The van der Waals surface area contributed by atoms with Gasteiger partial charge in [0.2, 0.25) is 5.91 Å². The Kier molecular flexibility index (Phi) is 34.4. The predicted octanol–water partition coefficient (Wildman–Crippen LogP) is -0.0137. The van der Waals surface area contributed by atoms with Crippen molar-refractivity contribution in [1.29, 1.82) is 0 Å². The first-order valence-electron chi connectivity index (χ1n) is 19.8. The highest BCUT2D eigenvalue weighted by Crippen LogP contribution is 2.33. The van der Waals surface area contributed by atoms with Gasteiger partial charge < -0.3 is 78.5 Å². The summed E-state index contributed by atoms with van der Waals surface area (Å²) in [6, 6.07) is 0.405. The van der Waals surface area contributed by atoms with Crippen LogP contribution in [0.3, 0.4) is 0 Å². The average Bonchev–Trinajstić information content (AvgIpc) is 3.75. The zero-order valence-corrected chi connectivity index (χ0v) is 33.7. The van der Waals surface area contributed by atoms with Crippen molar-refractivity contribution in [3.8, 4) is 0 Å². The monoisotopic (exact) mass is 814 g/mol. The zero-order valence-electron chi connectivity index (χ0n) is 32.9. The first-order valence-corrected chi connectivity index (χ1v) is 20.8. The van der Waals surface area contributed by atoms with Crippen LogP contribution in [0.4, 0.5) is 4.79 Å². The molecule has 0 unspecified atom stereocenters. The Morgan fingerprint density at radius 1 is 0.545 bits per heavy atom. The molecule has 0 aromatic carbocycles. The molecule has 19 heteroatoms. The normalized spacial score (nSPS) is 17.8. The van der Waals surface area contributed by atoms with E-state index in [0.717, 1.165) is 25.0 Å². The summed E-state index contributed by atoms with van der Waals surface area (Å²) < 4.78 is 65.4. The van der Waals surface area contributed by atoms with Crippen LogP contribution < -0.4 is 21.7 Å². The number of nitrogens with one attached hydrogen (secondary N) is 3. The Bertz CT molecular complexity index is 890. The number of unbranched alkanes of at least 4 members (excludes halogenated alkanes) is 1. The van der Waals surface area contributed by atoms with Gasteiger partial charge in [-0.3, -0.25) is 4.79 Å². The SMILES string of the molecule is NCCOCCOCCOCCOCCOCCOCCOCCOCCOCCOCCOCCOCCNC(=O)CCCC[C@@H]1SC[C@@H]2NC(=O)N[C@@H]21. The molecule has 324 valence electrons. The molecule has 2 fully saturated rings. The Balaban J connectivity index is 1.14. The van der Waals surface area contributed by atoms with Crippen LogP contribution in [0.2, 0.25) is 0 Å². The molecule has 5 N–H and O–H groups in total. The van der Waals surface area contributed by atoms with Gasteiger partial charge in [0.15, 0.2) is 0 Å². The second-order valence-corrected chi connectivity index (χ2v) is 13.6. The number of carbonyl (C=O) groups excluding carboxylic acids is 2. The van der Waals surface area contributed by atoms with Gasteiger partial charge in [0.25, 0.3) is 0 Å². The minimum Gasteiger partial charge on any atom is -0.378 e. The molecule has 0 aromatic heterocycles. The summed E-state index contributed by atoms with van der Waals surface area (Å²) in [5, 5.41) is 9.28. The van der Waals surface area contributed by atoms with E-state index in [1.54, 1.807) is 0 Å². The van der Waals surface area contributed by atoms with E-state index in [0.29, 0.717) is 183 Å². The lowest BCUT2D eigenvalue weighted by Gasteiger charge is -2.16. The lowest BCUT2D eigenvalue weighted by atomic mass is 10.0. The molecule has 0 radical (unpaired) electrons. The van der Waals surface area contributed by atoms with Gasteiger partial charge >= 0.3 is 6.03 Å². The summed E-state index contributed by atoms with van der Waals surface area (Å²) >= 11 is 1.90. The van der Waals surface area contributed by atoms with Gasteiger partial charge in [-0.2, -0.15) is 11.8 Å². The van der Waals surface area contributed by atoms with Crippen LogP contribution in [0.1, 0.15) is 25.7 Å². The van der Waals surface area contributed by atoms with Gasteiger partial charge in [0, 0.05) is 30.5 Å². The Labute approximate surface area is 331 Å². The van der Waals surface area contributed by atoms with Crippen LogP contribution in [-0.2, 0) is 61.6 Å². The molecule has 2 heterocycles. The highest BCUT2D eigenvalue weighted by molar-refractivity contribution is 8.00. The van der Waals surface area contributed by atoms with Crippen molar-refractivity contribution in [2.45, 2.75) is 43.0 Å². The zero-order chi connectivity index (χ0) is 39.1. The molecular weight excluding hydrogens is 744 g/mol. The molecule has 0 spiro atoms. The smallest absolute Gasteiger partial charge is 0.315 e. The average molecular weight is 815 g/mol. The van der Waals surface area contributed by atoms with Crippen molar-refractivity contribution >= 4 is 23.7 Å². The molecule has 0 bridgehead atoms. The number of urea groups is 1. The second-order valence-electron chi connectivity index (χ2n) is 12.4. The third-order valence-electron chi connectivity index (χ3n) is 8.00. The number of fused-ring (bicyclic) bond motifs is 1. The minimum atomic E-state index is -0.0612. The summed E-state index contributed by atoms with van der Waals surface area (Å²) in [5.74, 6) is 1.00. The van der Waals surface area contributed by atoms with E-state index in [2.05, 4.69) is 16.0 Å². The van der Waals surface area contributed by atoms with Gasteiger partial charge in [0.05, 0.1) is 171 Å². The Morgan fingerprint density at radius 2 is 0.909 bits per heavy atom. The van der Waals surface area contributed by atoms with Gasteiger partial charge in [-0.1, -0.05) is 6.42 Å². The number of rotatable bonds is 43. The molecule has 0 saturated carbocycles. The summed E-state index contributed by atoms with van der Waals surface area (Å²) in [7, 11) is 0. The van der Waals surface area contributed by atoms with Gasteiger partial charge in [-0.25, -0.2) is 4.79 Å². The number of ether oxygens (including phenoxy) is 12. The molecule has 2 aliphatic heterocycles. The topological polar surface area (TPSA) is 207 Å². The number of nitrogens with two attached hydrogens (primary N) is 1. The van der Waals surface area contributed by atoms with Crippen molar-refractivity contribution in [3.63, 3.8) is 0 Å². The summed E-state index contributed by atoms with van der Waals surface area (Å²) in [5.41, 5.74) is 5.34. The highest BCUT2D eigenvalue weighted by atomic mass is 32.2. The highest BCUT2D eigenvalue weighted by Gasteiger charge is 2.42. The predicted molar refractivity (Wildman–Crippen MR) is 206 cm³/mol. The fourth-order valence-corrected chi connectivity index (χ4v) is 6.77. The Morgan fingerprint density at radius 3 is 1.29 bits per heavy atom. The standard InChI is InChI=1S/C36H70N4O14S/c37-5-7-43-9-11-45-13-15-47-17-19-49-21-23-51-25-27-53-29-30-54-28-26-52-24-22-50-20-18-48-16-14-46-12-10-44-8-6-38-34(41)4-2-1-3-33-35-32(31-55-33)39-36(42)40-35/h32-33,35H,1-31,37H2,(H,38,41)(H2,39,40,42)/t32-,33-,35-/m0/s1. The molecule has 0 aromatic rings. The van der Waals surface area contributed by atoms with E-state index in [1.807, 2.05) is 11.8 Å². The van der Waals surface area contributed by atoms with Crippen molar-refractivity contribution in [2.75, 3.05) is 177 Å². The van der Waals surface area contributed by atoms with Crippen molar-refractivity contribution in [3.05, 3.63) is 0 Å². The fraction of sp³-hybridized carbons (Fsp3) is 0.944. The van der Waals surface area contributed by atoms with Crippen LogP contribution in [-0.4, -0.2) is 207 Å². The second kappa shape index (κ2) is 38.1. The number of carbonyl (C=O) groups is 2. The van der Waals surface area contributed by atoms with E-state index in [-0.39, 0.29) is 24.0 Å². The summed E-state index contributed by atoms with van der Waals surface area (Å²) in [6.07, 6.45) is 3.33. The first kappa shape index (κ1) is 49.7. The van der Waals surface area contributed by atoms with Gasteiger partial charge in [0.1, 0.15) is 0 Å². The van der Waals surface area contributed by atoms with E-state index in [9.17, 15) is 9.59 Å². The Hall–Kier alpha value is -1.43. The molecular formula is C36H70N4O14S. The molecule has 2 aliphatic rings. The van der Waals surface area contributed by atoms with Crippen molar-refractivity contribution < 1.29 is 66.4 Å². The number of hydrogen-bond acceptors (Lipinski definition) is 16. The van der Waals surface area contributed by atoms with Gasteiger partial charge in [-0.15, -0.1) is 0 Å². The molecule has 18 nitrogen and oxygen atoms in total. The summed E-state index contributed by atoms with van der Waals surface area (Å²) in [6.45, 7) is 13.0. The maximum Gasteiger partial charge on any atom is 0.315 e. The fourth-order valence-electron chi connectivity index (χ4n) is 5.23. The maximum absolute atomic E-state index is 12.0. The maximum atomic E-state index is 12.0. The van der Waals surface area contributed by atoms with Crippen LogP contribution >= 0.6 is 11.8 Å². The van der Waals surface area contributed by atoms with Gasteiger partial charge in [-0.05, 0) is 12.8 Å². The van der Waals surface area contributed by atoms with Crippen LogP contribution in [0.5, 0.6) is 0 Å². The quantitative estimate of drug-likeness (QED) is 0.0472. The largest absolute Gasteiger partial charge is 0.378 e. The lowest BCUT2D eigenvalue weighted by molar-refractivity contribution is -0.121. The van der Waals surface area contributed by atoms with Crippen molar-refractivity contribution in [1.82, 2.24) is 16.0 Å². The van der Waals surface area contributed by atoms with Crippen LogP contribution in [0.25, 0.3) is 0 Å². The van der Waals surface area contributed by atoms with E-state index >= 15 is 0 Å². The summed E-state index contributed by atoms with van der Waals surface area (Å²) in [4.78, 5) is 23.5. The third-order valence-corrected chi connectivity index (χ3v) is 9.51. The van der Waals surface area contributed by atoms with E-state index in [4.69, 9.17) is 62.6 Å². The molecule has 55 heavy (non-hydrogen) atoms. The first-order chi connectivity index (χ1) is 27.2. The molecule has 2 saturated heterocycles. The van der Waals surface area contributed by atoms with Crippen LogP contribution in [0.15, 0.2) is 0 Å². The van der Waals surface area contributed by atoms with E-state index in [1.165, 1.54) is 0 Å². The van der Waals surface area contributed by atoms with E-state index < -0.39 is 0 Å². The molecule has 3 amide bonds. The number of hydrogen-bond donors (Lipinski definition) is 4. The number of amides is 3. The molecule has 2 rings (SSSR count).